The highest BCUT2D eigenvalue weighted by molar-refractivity contribution is 5.97. The van der Waals surface area contributed by atoms with Gasteiger partial charge < -0.3 is 4.74 Å². The van der Waals surface area contributed by atoms with Crippen LogP contribution in [-0.2, 0) is 10.2 Å². The van der Waals surface area contributed by atoms with Crippen molar-refractivity contribution in [2.45, 2.75) is 45.6 Å². The first kappa shape index (κ1) is 14.5. The van der Waals surface area contributed by atoms with Crippen molar-refractivity contribution in [1.29, 1.82) is 5.26 Å². The molecule has 20 heavy (non-hydrogen) atoms. The Bertz CT molecular complexity index is 601. The number of nitriles is 1. The van der Waals surface area contributed by atoms with Gasteiger partial charge in [-0.05, 0) is 51.8 Å². The van der Waals surface area contributed by atoms with Gasteiger partial charge in [0, 0.05) is 0 Å². The van der Waals surface area contributed by atoms with E-state index in [1.54, 1.807) is 13.8 Å². The second kappa shape index (κ2) is 4.59. The van der Waals surface area contributed by atoms with Crippen molar-refractivity contribution in [3.8, 4) is 6.07 Å². The van der Waals surface area contributed by atoms with Crippen molar-refractivity contribution in [2.24, 2.45) is 4.99 Å². The molecule has 0 unspecified atom stereocenters. The fraction of sp³-hybridized carbons (Fsp3) is 0.500. The molecule has 0 atom stereocenters. The lowest BCUT2D eigenvalue weighted by molar-refractivity contribution is 0.278. The normalized spacial score (nSPS) is 17.4. The number of hydrogen-bond acceptors (Lipinski definition) is 3. The highest BCUT2D eigenvalue weighted by atomic mass is 19.1. The molecule has 0 aliphatic carbocycles. The number of halogens is 1. The van der Waals surface area contributed by atoms with Gasteiger partial charge in [0.2, 0.25) is 5.90 Å². The van der Waals surface area contributed by atoms with Crippen molar-refractivity contribution < 1.29 is 9.13 Å². The van der Waals surface area contributed by atoms with Crippen LogP contribution in [-0.4, -0.2) is 18.0 Å². The van der Waals surface area contributed by atoms with Gasteiger partial charge in [-0.2, -0.15) is 5.26 Å². The summed E-state index contributed by atoms with van der Waals surface area (Å²) in [5, 5.41) is 9.16. The first-order chi connectivity index (χ1) is 9.16. The van der Waals surface area contributed by atoms with Gasteiger partial charge in [0.05, 0.1) is 22.6 Å². The Hall–Kier alpha value is -1.89. The van der Waals surface area contributed by atoms with Gasteiger partial charge in [-0.25, -0.2) is 9.38 Å². The molecule has 1 aliphatic rings. The lowest BCUT2D eigenvalue weighted by Gasteiger charge is -2.18. The van der Waals surface area contributed by atoms with E-state index in [4.69, 9.17) is 10.00 Å². The zero-order valence-electron chi connectivity index (χ0n) is 12.5. The van der Waals surface area contributed by atoms with Gasteiger partial charge in [-0.3, -0.25) is 0 Å². The van der Waals surface area contributed by atoms with Gasteiger partial charge in [0.15, 0.2) is 0 Å². The molecule has 0 amide bonds. The third kappa shape index (κ3) is 2.53. The summed E-state index contributed by atoms with van der Waals surface area (Å²) in [5.74, 6) is -0.0360. The van der Waals surface area contributed by atoms with Crippen LogP contribution in [0.3, 0.4) is 0 Å². The molecular formula is C16H19FN2O. The van der Waals surface area contributed by atoms with Gasteiger partial charge in [-0.15, -0.1) is 0 Å². The smallest absolute Gasteiger partial charge is 0.220 e. The van der Waals surface area contributed by atoms with Crippen molar-refractivity contribution >= 4 is 5.90 Å². The third-order valence-electron chi connectivity index (χ3n) is 3.47. The van der Waals surface area contributed by atoms with Crippen LogP contribution in [0, 0.1) is 24.1 Å². The zero-order chi connectivity index (χ0) is 15.1. The van der Waals surface area contributed by atoms with Crippen LogP contribution < -0.4 is 0 Å². The molecule has 1 aromatic rings. The molecule has 0 spiro atoms. The topological polar surface area (TPSA) is 45.4 Å². The second-order valence-electron chi connectivity index (χ2n) is 6.40. The minimum atomic E-state index is -0.720. The van der Waals surface area contributed by atoms with Crippen LogP contribution in [0.5, 0.6) is 0 Å². The second-order valence-corrected chi connectivity index (χ2v) is 6.40. The van der Waals surface area contributed by atoms with Gasteiger partial charge in [0.25, 0.3) is 0 Å². The van der Waals surface area contributed by atoms with Gasteiger partial charge in [-0.1, -0.05) is 6.07 Å². The van der Waals surface area contributed by atoms with E-state index in [0.29, 0.717) is 23.6 Å². The lowest BCUT2D eigenvalue weighted by Crippen LogP contribution is -2.17. The first-order valence-electron chi connectivity index (χ1n) is 6.61. The maximum Gasteiger partial charge on any atom is 0.220 e. The summed E-state index contributed by atoms with van der Waals surface area (Å²) in [6.07, 6.45) is 0. The zero-order valence-corrected chi connectivity index (χ0v) is 12.5. The fourth-order valence-electron chi connectivity index (χ4n) is 2.15. The number of aryl methyl sites for hydroxylation is 1. The van der Waals surface area contributed by atoms with Crippen molar-refractivity contribution in [3.63, 3.8) is 0 Å². The molecule has 0 fully saturated rings. The van der Waals surface area contributed by atoms with E-state index in [2.05, 4.69) is 11.1 Å². The quantitative estimate of drug-likeness (QED) is 0.828. The molecule has 1 aliphatic heterocycles. The number of benzene rings is 1. The molecule has 0 saturated carbocycles. The monoisotopic (exact) mass is 274 g/mol. The highest BCUT2D eigenvalue weighted by Gasteiger charge is 2.30. The minimum absolute atomic E-state index is 0.321. The highest BCUT2D eigenvalue weighted by Crippen LogP contribution is 2.29. The summed E-state index contributed by atoms with van der Waals surface area (Å²) in [5.41, 5.74) is 0.755. The van der Waals surface area contributed by atoms with E-state index in [1.807, 2.05) is 26.8 Å². The number of aliphatic imine (C=N–C) groups is 1. The number of ether oxygens (including phenoxy) is 1. The van der Waals surface area contributed by atoms with Crippen LogP contribution in [0.1, 0.15) is 44.4 Å². The van der Waals surface area contributed by atoms with Crippen LogP contribution >= 0.6 is 0 Å². The summed E-state index contributed by atoms with van der Waals surface area (Å²) in [6, 6.07) is 5.42. The summed E-state index contributed by atoms with van der Waals surface area (Å²) in [7, 11) is 0. The molecule has 0 saturated heterocycles. The van der Waals surface area contributed by atoms with Crippen LogP contribution in [0.2, 0.25) is 0 Å². The molecule has 0 aromatic heterocycles. The Balaban J connectivity index is 2.52. The number of nitrogens with zero attached hydrogens (tertiary/aromatic N) is 2. The molecule has 1 heterocycles. The van der Waals surface area contributed by atoms with Crippen LogP contribution in [0.25, 0.3) is 0 Å². The minimum Gasteiger partial charge on any atom is -0.475 e. The molecule has 0 bridgehead atoms. The molecule has 4 heteroatoms. The van der Waals surface area contributed by atoms with E-state index >= 15 is 0 Å². The van der Waals surface area contributed by atoms with Gasteiger partial charge >= 0.3 is 0 Å². The summed E-state index contributed by atoms with van der Waals surface area (Å²) < 4.78 is 19.9. The predicted octanol–water partition coefficient (Wildman–Crippen LogP) is 3.49. The largest absolute Gasteiger partial charge is 0.475 e. The number of rotatable bonds is 2. The van der Waals surface area contributed by atoms with Crippen LogP contribution in [0.4, 0.5) is 4.39 Å². The Morgan fingerprint density at radius 1 is 1.40 bits per heavy atom. The molecule has 1 aromatic carbocycles. The molecular weight excluding hydrogens is 255 g/mol. The molecule has 0 N–H and O–H groups in total. The predicted molar refractivity (Wildman–Crippen MR) is 76.3 cm³/mol. The standard InChI is InChI=1S/C16H19FN2O/c1-10-6-11(15(2,3)8-18)7-12(17)13(10)14-19-16(4,5)9-20-14/h6-7H,9H2,1-5H3. The maximum atomic E-state index is 14.4. The van der Waals surface area contributed by atoms with Crippen molar-refractivity contribution in [2.75, 3.05) is 6.61 Å². The Morgan fingerprint density at radius 2 is 2.05 bits per heavy atom. The average Bonchev–Trinajstić information content (AvgIpc) is 2.68. The molecule has 106 valence electrons. The van der Waals surface area contributed by atoms with E-state index in [9.17, 15) is 4.39 Å². The first-order valence-corrected chi connectivity index (χ1v) is 6.61. The summed E-state index contributed by atoms with van der Waals surface area (Å²) in [4.78, 5) is 4.41. The van der Waals surface area contributed by atoms with Crippen LogP contribution in [0.15, 0.2) is 17.1 Å². The van der Waals surface area contributed by atoms with E-state index in [1.165, 1.54) is 6.07 Å². The Labute approximate surface area is 119 Å². The molecule has 2 rings (SSSR count). The van der Waals surface area contributed by atoms with Crippen molar-refractivity contribution in [1.82, 2.24) is 0 Å². The van der Waals surface area contributed by atoms with E-state index < -0.39 is 5.41 Å². The molecule has 3 nitrogen and oxygen atoms in total. The lowest BCUT2D eigenvalue weighted by atomic mass is 9.84. The maximum absolute atomic E-state index is 14.4. The third-order valence-corrected chi connectivity index (χ3v) is 3.47. The summed E-state index contributed by atoms with van der Waals surface area (Å²) in [6.45, 7) is 9.70. The Morgan fingerprint density at radius 3 is 2.50 bits per heavy atom. The average molecular weight is 274 g/mol. The molecule has 0 radical (unpaired) electrons. The van der Waals surface area contributed by atoms with E-state index in [0.717, 1.165) is 5.56 Å². The Kier molecular flexibility index (Phi) is 3.33. The SMILES string of the molecule is Cc1cc(C(C)(C)C#N)cc(F)c1C1=NC(C)(C)CO1. The van der Waals surface area contributed by atoms with E-state index in [-0.39, 0.29) is 11.4 Å². The number of hydrogen-bond donors (Lipinski definition) is 0. The van der Waals surface area contributed by atoms with Crippen molar-refractivity contribution in [3.05, 3.63) is 34.6 Å². The fourth-order valence-corrected chi connectivity index (χ4v) is 2.15. The summed E-state index contributed by atoms with van der Waals surface area (Å²) >= 11 is 0. The van der Waals surface area contributed by atoms with Gasteiger partial charge in [0.1, 0.15) is 12.4 Å².